The molecule has 150 valence electrons. The number of hydrogen-bond donors (Lipinski definition) is 2. The number of nitrogens with zero attached hydrogens (tertiary/aromatic N) is 2. The lowest BCUT2D eigenvalue weighted by atomic mass is 10.0. The van der Waals surface area contributed by atoms with E-state index in [1.165, 1.54) is 18.2 Å². The first-order chi connectivity index (χ1) is 14.0. The van der Waals surface area contributed by atoms with Gasteiger partial charge < -0.3 is 20.4 Å². The Balaban J connectivity index is 1.59. The van der Waals surface area contributed by atoms with Crippen LogP contribution in [-0.4, -0.2) is 35.1 Å². The molecule has 0 radical (unpaired) electrons. The van der Waals surface area contributed by atoms with Crippen LogP contribution in [0.5, 0.6) is 0 Å². The maximum atomic E-state index is 12.4. The smallest absolute Gasteiger partial charge is 0.307 e. The standard InChI is InChI=1S/C22H24N4O3/c1-26-19-8-5-15(22(28)24-10-9-20(27)29-2)12-18(19)25-21(26)14-3-6-16-13(11-14)4-7-17(16)23/h3,5-6,8,11-12,17H,4,7,9-10,23H2,1-2H3,(H,24,28). The van der Waals surface area contributed by atoms with Gasteiger partial charge in [-0.05, 0) is 48.2 Å². The first-order valence-electron chi connectivity index (χ1n) is 9.68. The van der Waals surface area contributed by atoms with E-state index < -0.39 is 0 Å². The Kier molecular flexibility index (Phi) is 5.07. The number of imidazole rings is 1. The van der Waals surface area contributed by atoms with Gasteiger partial charge in [0.1, 0.15) is 5.82 Å². The molecule has 0 fully saturated rings. The van der Waals surface area contributed by atoms with Gasteiger partial charge in [0, 0.05) is 30.8 Å². The topological polar surface area (TPSA) is 99.2 Å². The van der Waals surface area contributed by atoms with Crippen molar-refractivity contribution in [3.05, 3.63) is 53.1 Å². The van der Waals surface area contributed by atoms with Gasteiger partial charge in [0.25, 0.3) is 5.91 Å². The summed E-state index contributed by atoms with van der Waals surface area (Å²) in [5.74, 6) is 0.256. The monoisotopic (exact) mass is 392 g/mol. The number of esters is 1. The number of carbonyl (C=O) groups excluding carboxylic acids is 2. The number of hydrogen-bond acceptors (Lipinski definition) is 5. The number of fused-ring (bicyclic) bond motifs is 2. The second-order valence-electron chi connectivity index (χ2n) is 7.34. The molecule has 3 N–H and O–H groups in total. The molecule has 1 aliphatic rings. The lowest BCUT2D eigenvalue weighted by Gasteiger charge is -2.07. The molecule has 1 atom stereocenters. The van der Waals surface area contributed by atoms with Crippen LogP contribution in [0.2, 0.25) is 0 Å². The Morgan fingerprint density at radius 2 is 2.10 bits per heavy atom. The second kappa shape index (κ2) is 7.67. The first-order valence-corrected chi connectivity index (χ1v) is 9.68. The van der Waals surface area contributed by atoms with Crippen LogP contribution in [0.15, 0.2) is 36.4 Å². The molecular formula is C22H24N4O3. The van der Waals surface area contributed by atoms with E-state index in [-0.39, 0.29) is 30.9 Å². The number of amides is 1. The summed E-state index contributed by atoms with van der Waals surface area (Å²) in [5, 5.41) is 2.73. The van der Waals surface area contributed by atoms with E-state index in [1.54, 1.807) is 12.1 Å². The number of ether oxygens (including phenoxy) is 1. The van der Waals surface area contributed by atoms with Crippen LogP contribution in [0.4, 0.5) is 0 Å². The van der Waals surface area contributed by atoms with Crippen LogP contribution >= 0.6 is 0 Å². The Morgan fingerprint density at radius 1 is 1.28 bits per heavy atom. The number of rotatable bonds is 5. The van der Waals surface area contributed by atoms with Gasteiger partial charge in [0.05, 0.1) is 24.6 Å². The van der Waals surface area contributed by atoms with Gasteiger partial charge in [-0.1, -0.05) is 12.1 Å². The van der Waals surface area contributed by atoms with E-state index in [4.69, 9.17) is 10.7 Å². The zero-order chi connectivity index (χ0) is 20.5. The molecule has 1 aromatic heterocycles. The zero-order valence-corrected chi connectivity index (χ0v) is 16.6. The van der Waals surface area contributed by atoms with E-state index in [0.29, 0.717) is 5.56 Å². The highest BCUT2D eigenvalue weighted by Gasteiger charge is 2.20. The van der Waals surface area contributed by atoms with Gasteiger partial charge in [-0.2, -0.15) is 0 Å². The molecule has 1 heterocycles. The molecule has 0 spiro atoms. The third-order valence-electron chi connectivity index (χ3n) is 5.51. The highest BCUT2D eigenvalue weighted by Crippen LogP contribution is 2.33. The zero-order valence-electron chi connectivity index (χ0n) is 16.6. The molecule has 4 rings (SSSR count). The van der Waals surface area contributed by atoms with Crippen molar-refractivity contribution < 1.29 is 14.3 Å². The molecule has 1 amide bonds. The number of aromatic nitrogens is 2. The lowest BCUT2D eigenvalue weighted by Crippen LogP contribution is -2.26. The number of aryl methyl sites for hydroxylation is 2. The van der Waals surface area contributed by atoms with Gasteiger partial charge in [-0.25, -0.2) is 4.98 Å². The average molecular weight is 392 g/mol. The fourth-order valence-corrected chi connectivity index (χ4v) is 3.87. The van der Waals surface area contributed by atoms with Crippen molar-refractivity contribution in [1.29, 1.82) is 0 Å². The summed E-state index contributed by atoms with van der Waals surface area (Å²) >= 11 is 0. The molecule has 29 heavy (non-hydrogen) atoms. The average Bonchev–Trinajstić information content (AvgIpc) is 3.27. The fraction of sp³-hybridized carbons (Fsp3) is 0.318. The van der Waals surface area contributed by atoms with Crippen LogP contribution in [0, 0.1) is 0 Å². The summed E-state index contributed by atoms with van der Waals surface area (Å²) in [4.78, 5) is 28.3. The summed E-state index contributed by atoms with van der Waals surface area (Å²) in [6, 6.07) is 11.9. The number of benzene rings is 2. The van der Waals surface area contributed by atoms with Crippen LogP contribution in [0.1, 0.15) is 40.4 Å². The van der Waals surface area contributed by atoms with E-state index >= 15 is 0 Å². The predicted octanol–water partition coefficient (Wildman–Crippen LogP) is 2.48. The third kappa shape index (κ3) is 3.61. The van der Waals surface area contributed by atoms with Crippen molar-refractivity contribution in [2.24, 2.45) is 12.8 Å². The molecular weight excluding hydrogens is 368 g/mol. The first kappa shape index (κ1) is 19.1. The number of carbonyl (C=O) groups is 2. The highest BCUT2D eigenvalue weighted by molar-refractivity contribution is 5.98. The minimum atomic E-state index is -0.356. The van der Waals surface area contributed by atoms with Gasteiger partial charge >= 0.3 is 5.97 Å². The Hall–Kier alpha value is -3.19. The summed E-state index contributed by atoms with van der Waals surface area (Å²) in [7, 11) is 3.30. The fourth-order valence-electron chi connectivity index (χ4n) is 3.87. The third-order valence-corrected chi connectivity index (χ3v) is 5.51. The van der Waals surface area contributed by atoms with Crippen LogP contribution in [0.3, 0.4) is 0 Å². The molecule has 0 saturated carbocycles. The molecule has 1 unspecified atom stereocenters. The maximum Gasteiger partial charge on any atom is 0.307 e. The predicted molar refractivity (Wildman–Crippen MR) is 110 cm³/mol. The summed E-state index contributed by atoms with van der Waals surface area (Å²) in [6.07, 6.45) is 2.11. The molecule has 0 aliphatic heterocycles. The van der Waals surface area contributed by atoms with Crippen molar-refractivity contribution in [3.8, 4) is 11.4 Å². The van der Waals surface area contributed by atoms with Gasteiger partial charge in [-0.15, -0.1) is 0 Å². The minimum absolute atomic E-state index is 0.125. The molecule has 1 aliphatic carbocycles. The van der Waals surface area contributed by atoms with Gasteiger partial charge in [0.2, 0.25) is 0 Å². The van der Waals surface area contributed by atoms with Crippen molar-refractivity contribution in [2.45, 2.75) is 25.3 Å². The van der Waals surface area contributed by atoms with E-state index in [2.05, 4.69) is 28.3 Å². The second-order valence-corrected chi connectivity index (χ2v) is 7.34. The number of methoxy groups -OCH3 is 1. The Labute approximate surface area is 168 Å². The number of nitrogens with two attached hydrogens (primary N) is 1. The number of nitrogens with one attached hydrogen (secondary N) is 1. The SMILES string of the molecule is COC(=O)CCNC(=O)c1ccc2c(c1)nc(-c1ccc3c(c1)CCC3N)n2C. The summed E-state index contributed by atoms with van der Waals surface area (Å²) < 4.78 is 6.61. The molecule has 7 heteroatoms. The minimum Gasteiger partial charge on any atom is -0.469 e. The lowest BCUT2D eigenvalue weighted by molar-refractivity contribution is -0.140. The van der Waals surface area contributed by atoms with Gasteiger partial charge in [-0.3, -0.25) is 9.59 Å². The molecule has 0 bridgehead atoms. The summed E-state index contributed by atoms with van der Waals surface area (Å²) in [5.41, 5.74) is 11.9. The van der Waals surface area contributed by atoms with Crippen LogP contribution in [-0.2, 0) is 23.0 Å². The van der Waals surface area contributed by atoms with Crippen LogP contribution in [0.25, 0.3) is 22.4 Å². The maximum absolute atomic E-state index is 12.4. The van der Waals surface area contributed by atoms with Crippen molar-refractivity contribution >= 4 is 22.9 Å². The van der Waals surface area contributed by atoms with Crippen molar-refractivity contribution in [1.82, 2.24) is 14.9 Å². The van der Waals surface area contributed by atoms with E-state index in [1.807, 2.05) is 17.7 Å². The molecule has 2 aromatic carbocycles. The summed E-state index contributed by atoms with van der Waals surface area (Å²) in [6.45, 7) is 0.230. The highest BCUT2D eigenvalue weighted by atomic mass is 16.5. The largest absolute Gasteiger partial charge is 0.469 e. The quantitative estimate of drug-likeness (QED) is 0.650. The van der Waals surface area contributed by atoms with E-state index in [9.17, 15) is 9.59 Å². The molecule has 3 aromatic rings. The molecule has 0 saturated heterocycles. The van der Waals surface area contributed by atoms with E-state index in [0.717, 1.165) is 35.3 Å². The van der Waals surface area contributed by atoms with Crippen LogP contribution < -0.4 is 11.1 Å². The van der Waals surface area contributed by atoms with Crippen molar-refractivity contribution in [2.75, 3.05) is 13.7 Å². The Bertz CT molecular complexity index is 1100. The normalized spacial score (nSPS) is 15.3. The van der Waals surface area contributed by atoms with Crippen molar-refractivity contribution in [3.63, 3.8) is 0 Å². The van der Waals surface area contributed by atoms with Gasteiger partial charge in [0.15, 0.2) is 0 Å². The molecule has 7 nitrogen and oxygen atoms in total. The Morgan fingerprint density at radius 3 is 2.90 bits per heavy atom.